The van der Waals surface area contributed by atoms with E-state index in [9.17, 15) is 0 Å². The number of fused-ring (bicyclic) bond motifs is 4. The molecule has 0 fully saturated rings. The lowest BCUT2D eigenvalue weighted by atomic mass is 9.93. The van der Waals surface area contributed by atoms with E-state index in [1.54, 1.807) is 0 Å². The molecule has 0 aliphatic carbocycles. The maximum absolute atomic E-state index is 6.51. The van der Waals surface area contributed by atoms with Crippen LogP contribution in [0, 0.1) is 0 Å². The summed E-state index contributed by atoms with van der Waals surface area (Å²) in [7, 11) is 0. The molecule has 0 unspecified atom stereocenters. The Balaban J connectivity index is 1.15. The van der Waals surface area contributed by atoms with Crippen LogP contribution in [0.5, 0.6) is 0 Å². The largest absolute Gasteiger partial charge is 0.455 e. The van der Waals surface area contributed by atoms with Gasteiger partial charge in [-0.25, -0.2) is 15.0 Å². The summed E-state index contributed by atoms with van der Waals surface area (Å²) in [5, 5.41) is 2.21. The molecule has 10 aromatic rings. The zero-order valence-electron chi connectivity index (χ0n) is 28.0. The highest BCUT2D eigenvalue weighted by atomic mass is 16.3. The Morgan fingerprint density at radius 2 is 1.04 bits per heavy atom. The smallest absolute Gasteiger partial charge is 0.160 e. The van der Waals surface area contributed by atoms with Gasteiger partial charge in [0.25, 0.3) is 0 Å². The molecule has 52 heavy (non-hydrogen) atoms. The Hall–Kier alpha value is -7.11. The first kappa shape index (κ1) is 29.8. The molecule has 0 bridgehead atoms. The number of benzene rings is 6. The fourth-order valence-corrected chi connectivity index (χ4v) is 7.05. The average molecular weight is 667 g/mol. The van der Waals surface area contributed by atoms with Crippen molar-refractivity contribution in [1.29, 1.82) is 0 Å². The lowest BCUT2D eigenvalue weighted by Crippen LogP contribution is -1.96. The zero-order chi connectivity index (χ0) is 34.4. The van der Waals surface area contributed by atoms with E-state index in [1.807, 2.05) is 65.2 Å². The molecule has 0 saturated carbocycles. The minimum atomic E-state index is 0.670. The Labute approximate surface area is 300 Å². The molecule has 5 heteroatoms. The van der Waals surface area contributed by atoms with Crippen molar-refractivity contribution < 1.29 is 4.42 Å². The molecule has 0 N–H and O–H groups in total. The van der Waals surface area contributed by atoms with Crippen LogP contribution in [0.4, 0.5) is 0 Å². The molecule has 0 radical (unpaired) electrons. The van der Waals surface area contributed by atoms with Crippen LogP contribution >= 0.6 is 0 Å². The van der Waals surface area contributed by atoms with Crippen molar-refractivity contribution in [3.05, 3.63) is 182 Å². The summed E-state index contributed by atoms with van der Waals surface area (Å²) in [6, 6.07) is 58.6. The van der Waals surface area contributed by atoms with E-state index < -0.39 is 0 Å². The SMILES string of the molecule is c1ccc(-c2cc(-c3cc(-c4ccc(-c5cn6ccccc6n5)cc4)nc(-c4ccccc4)n3)cc(-c3cccc4c3oc3ccccc34)c2)cc1. The summed E-state index contributed by atoms with van der Waals surface area (Å²) in [6.45, 7) is 0. The van der Waals surface area contributed by atoms with Crippen LogP contribution in [0.2, 0.25) is 0 Å². The fraction of sp³-hybridized carbons (Fsp3) is 0. The maximum atomic E-state index is 6.51. The molecule has 0 atom stereocenters. The second-order valence-corrected chi connectivity index (χ2v) is 12.9. The van der Waals surface area contributed by atoms with E-state index >= 15 is 0 Å². The molecule has 0 saturated heterocycles. The summed E-state index contributed by atoms with van der Waals surface area (Å²) in [6.07, 6.45) is 4.08. The zero-order valence-corrected chi connectivity index (χ0v) is 28.0. The number of aromatic nitrogens is 4. The van der Waals surface area contributed by atoms with Gasteiger partial charge in [0.2, 0.25) is 0 Å². The van der Waals surface area contributed by atoms with Crippen LogP contribution in [-0.4, -0.2) is 19.4 Å². The highest BCUT2D eigenvalue weighted by Gasteiger charge is 2.17. The lowest BCUT2D eigenvalue weighted by molar-refractivity contribution is 0.670. The summed E-state index contributed by atoms with van der Waals surface area (Å²) >= 11 is 0. The summed E-state index contributed by atoms with van der Waals surface area (Å²) in [4.78, 5) is 15.1. The van der Waals surface area contributed by atoms with Crippen molar-refractivity contribution in [2.75, 3.05) is 0 Å². The van der Waals surface area contributed by atoms with Gasteiger partial charge in [-0.15, -0.1) is 0 Å². The second kappa shape index (κ2) is 12.3. The molecule has 0 spiro atoms. The number of hydrogen-bond donors (Lipinski definition) is 0. The quantitative estimate of drug-likeness (QED) is 0.177. The fourth-order valence-electron chi connectivity index (χ4n) is 7.05. The third kappa shape index (κ3) is 5.32. The average Bonchev–Trinajstić information content (AvgIpc) is 3.83. The van der Waals surface area contributed by atoms with Gasteiger partial charge in [-0.2, -0.15) is 0 Å². The van der Waals surface area contributed by atoms with Crippen LogP contribution in [0.1, 0.15) is 0 Å². The molecule has 244 valence electrons. The lowest BCUT2D eigenvalue weighted by Gasteiger charge is -2.13. The molecule has 6 aromatic carbocycles. The topological polar surface area (TPSA) is 56.2 Å². The number of nitrogens with zero attached hydrogens (tertiary/aromatic N) is 4. The van der Waals surface area contributed by atoms with Crippen LogP contribution in [0.15, 0.2) is 187 Å². The number of pyridine rings is 1. The minimum Gasteiger partial charge on any atom is -0.455 e. The van der Waals surface area contributed by atoms with E-state index in [-0.39, 0.29) is 0 Å². The van der Waals surface area contributed by atoms with Crippen molar-refractivity contribution in [3.8, 4) is 67.4 Å². The van der Waals surface area contributed by atoms with Gasteiger partial charge >= 0.3 is 0 Å². The van der Waals surface area contributed by atoms with Crippen molar-refractivity contribution in [3.63, 3.8) is 0 Å². The summed E-state index contributed by atoms with van der Waals surface area (Å²) < 4.78 is 8.55. The van der Waals surface area contributed by atoms with Gasteiger partial charge in [0.15, 0.2) is 5.82 Å². The minimum absolute atomic E-state index is 0.670. The van der Waals surface area contributed by atoms with E-state index in [4.69, 9.17) is 19.4 Å². The molecular weight excluding hydrogens is 637 g/mol. The standard InChI is InChI=1S/C47H30N4O/c1-3-12-31(13-4-1)35-26-36(38-17-11-18-40-39-16-7-8-19-44(39)52-46(38)40)28-37(27-35)42-29-41(49-47(50-42)34-14-5-2-6-15-34)32-21-23-33(24-22-32)43-30-51-25-10-9-20-45(51)48-43/h1-30H. The van der Waals surface area contributed by atoms with E-state index in [1.165, 1.54) is 0 Å². The van der Waals surface area contributed by atoms with Crippen LogP contribution in [-0.2, 0) is 0 Å². The van der Waals surface area contributed by atoms with E-state index in [0.29, 0.717) is 5.82 Å². The Kier molecular flexibility index (Phi) is 7.07. The molecule has 0 amide bonds. The maximum Gasteiger partial charge on any atom is 0.160 e. The van der Waals surface area contributed by atoms with E-state index in [2.05, 4.69) is 121 Å². The van der Waals surface area contributed by atoms with Gasteiger partial charge in [-0.05, 0) is 59.2 Å². The normalized spacial score (nSPS) is 11.5. The Morgan fingerprint density at radius 3 is 1.83 bits per heavy atom. The number of para-hydroxylation sites is 2. The molecule has 4 heterocycles. The summed E-state index contributed by atoms with van der Waals surface area (Å²) in [5.41, 5.74) is 13.6. The second-order valence-electron chi connectivity index (χ2n) is 12.9. The van der Waals surface area contributed by atoms with Crippen LogP contribution in [0.25, 0.3) is 95.0 Å². The van der Waals surface area contributed by atoms with Crippen molar-refractivity contribution in [2.24, 2.45) is 0 Å². The van der Waals surface area contributed by atoms with Gasteiger partial charge in [-0.1, -0.05) is 127 Å². The number of rotatable bonds is 6. The highest BCUT2D eigenvalue weighted by molar-refractivity contribution is 6.09. The van der Waals surface area contributed by atoms with Gasteiger partial charge in [0, 0.05) is 51.0 Å². The van der Waals surface area contributed by atoms with Gasteiger partial charge in [0.1, 0.15) is 16.8 Å². The van der Waals surface area contributed by atoms with Crippen LogP contribution in [0.3, 0.4) is 0 Å². The highest BCUT2D eigenvalue weighted by Crippen LogP contribution is 2.39. The van der Waals surface area contributed by atoms with Crippen molar-refractivity contribution in [1.82, 2.24) is 19.4 Å². The van der Waals surface area contributed by atoms with Gasteiger partial charge in [-0.3, -0.25) is 0 Å². The predicted octanol–water partition coefficient (Wildman–Crippen LogP) is 12.0. The van der Waals surface area contributed by atoms with Gasteiger partial charge < -0.3 is 8.82 Å². The third-order valence-electron chi connectivity index (χ3n) is 9.65. The first-order chi connectivity index (χ1) is 25.7. The summed E-state index contributed by atoms with van der Waals surface area (Å²) in [5.74, 6) is 0.670. The molecule has 0 aliphatic rings. The monoisotopic (exact) mass is 666 g/mol. The Bertz CT molecular complexity index is 2860. The Morgan fingerprint density at radius 1 is 0.404 bits per heavy atom. The first-order valence-electron chi connectivity index (χ1n) is 17.3. The number of imidazole rings is 1. The molecular formula is C47H30N4O. The number of hydrogen-bond acceptors (Lipinski definition) is 4. The van der Waals surface area contributed by atoms with Crippen molar-refractivity contribution in [2.45, 2.75) is 0 Å². The van der Waals surface area contributed by atoms with Crippen molar-refractivity contribution >= 4 is 27.6 Å². The number of furan rings is 1. The van der Waals surface area contributed by atoms with Crippen LogP contribution < -0.4 is 0 Å². The molecule has 5 nitrogen and oxygen atoms in total. The molecule has 4 aromatic heterocycles. The molecule has 0 aliphatic heterocycles. The third-order valence-corrected chi connectivity index (χ3v) is 9.65. The van der Waals surface area contributed by atoms with E-state index in [0.717, 1.165) is 89.2 Å². The first-order valence-corrected chi connectivity index (χ1v) is 17.3. The van der Waals surface area contributed by atoms with Gasteiger partial charge in [0.05, 0.1) is 17.1 Å². The predicted molar refractivity (Wildman–Crippen MR) is 211 cm³/mol. The molecule has 10 rings (SSSR count).